The minimum Gasteiger partial charge on any atom is -0.355 e. The van der Waals surface area contributed by atoms with Crippen molar-refractivity contribution in [3.05, 3.63) is 97.0 Å². The Morgan fingerprint density at radius 2 is 1.89 bits per heavy atom. The Bertz CT molecular complexity index is 1660. The minimum atomic E-state index is -0.211. The quantitative estimate of drug-likeness (QED) is 0.390. The van der Waals surface area contributed by atoms with Crippen LogP contribution in [-0.2, 0) is 19.4 Å². The first kappa shape index (κ1) is 24.5. The molecule has 0 unspecified atom stereocenters. The Morgan fingerprint density at radius 3 is 2.57 bits per heavy atom. The molecule has 0 aliphatic carbocycles. The van der Waals surface area contributed by atoms with Gasteiger partial charge in [0.05, 0.1) is 24.1 Å². The van der Waals surface area contributed by atoms with E-state index in [1.165, 1.54) is 0 Å². The molecule has 2 aromatic heterocycles. The molecule has 0 atom stereocenters. The fourth-order valence-electron chi connectivity index (χ4n) is 4.73. The van der Waals surface area contributed by atoms with Gasteiger partial charge in [0.15, 0.2) is 0 Å². The molecule has 2 aromatic carbocycles. The van der Waals surface area contributed by atoms with E-state index < -0.39 is 0 Å². The second-order valence-electron chi connectivity index (χ2n) is 8.92. The van der Waals surface area contributed by atoms with Gasteiger partial charge in [-0.3, -0.25) is 19.0 Å². The highest BCUT2D eigenvalue weighted by Gasteiger charge is 2.29. The lowest BCUT2D eigenvalue weighted by Crippen LogP contribution is -2.41. The molecule has 9 heteroatoms. The third-order valence-electron chi connectivity index (χ3n) is 6.67. The molecule has 0 bridgehead atoms. The van der Waals surface area contributed by atoms with Gasteiger partial charge in [0.1, 0.15) is 5.65 Å². The van der Waals surface area contributed by atoms with Gasteiger partial charge in [-0.05, 0) is 61.4 Å². The van der Waals surface area contributed by atoms with Gasteiger partial charge in [0.2, 0.25) is 0 Å². The van der Waals surface area contributed by atoms with Gasteiger partial charge < -0.3 is 10.2 Å². The summed E-state index contributed by atoms with van der Waals surface area (Å²) >= 11 is 3.48. The average Bonchev–Trinajstić information content (AvgIpc) is 3.33. The van der Waals surface area contributed by atoms with Crippen molar-refractivity contribution in [2.75, 3.05) is 13.6 Å². The number of fused-ring (bicyclic) bond motifs is 3. The van der Waals surface area contributed by atoms with Crippen LogP contribution in [-0.4, -0.2) is 44.5 Å². The normalized spacial score (nSPS) is 12.8. The fourth-order valence-corrected chi connectivity index (χ4v) is 4.98. The summed E-state index contributed by atoms with van der Waals surface area (Å²) in [7, 11) is 1.57. The molecule has 1 N–H and O–H groups in total. The van der Waals surface area contributed by atoms with Crippen LogP contribution in [0.5, 0.6) is 0 Å². The summed E-state index contributed by atoms with van der Waals surface area (Å²) in [4.78, 5) is 41.0. The number of aromatic nitrogens is 3. The maximum atomic E-state index is 13.9. The first-order valence-electron chi connectivity index (χ1n) is 11.8. The molecule has 2 amide bonds. The van der Waals surface area contributed by atoms with Gasteiger partial charge >= 0.3 is 0 Å². The molecule has 0 spiro atoms. The van der Waals surface area contributed by atoms with E-state index in [1.807, 2.05) is 19.1 Å². The predicted octanol–water partition coefficient (Wildman–Crippen LogP) is 3.29. The van der Waals surface area contributed by atoms with Crippen molar-refractivity contribution in [1.29, 1.82) is 0 Å². The highest BCUT2D eigenvalue weighted by Crippen LogP contribution is 2.25. The van der Waals surface area contributed by atoms with Crippen molar-refractivity contribution in [2.45, 2.75) is 26.3 Å². The highest BCUT2D eigenvalue weighted by molar-refractivity contribution is 9.10. The van der Waals surface area contributed by atoms with E-state index in [9.17, 15) is 14.4 Å². The molecule has 0 saturated carbocycles. The molecule has 3 heterocycles. The van der Waals surface area contributed by atoms with Crippen molar-refractivity contribution in [3.8, 4) is 18.0 Å². The number of amides is 2. The Kier molecular flexibility index (Phi) is 6.44. The van der Waals surface area contributed by atoms with Crippen LogP contribution in [0.2, 0.25) is 0 Å². The molecule has 0 radical (unpaired) electrons. The van der Waals surface area contributed by atoms with Crippen LogP contribution in [0, 0.1) is 19.3 Å². The van der Waals surface area contributed by atoms with E-state index in [1.54, 1.807) is 57.6 Å². The van der Waals surface area contributed by atoms with Gasteiger partial charge in [-0.2, -0.15) is 5.10 Å². The minimum absolute atomic E-state index is 0.0978. The lowest BCUT2D eigenvalue weighted by Gasteiger charge is -2.30. The molecule has 0 fully saturated rings. The number of nitrogens with one attached hydrogen (secondary N) is 1. The summed E-state index contributed by atoms with van der Waals surface area (Å²) in [5, 5.41) is 7.18. The van der Waals surface area contributed by atoms with E-state index in [2.05, 4.69) is 32.3 Å². The molecule has 1 aliphatic heterocycles. The van der Waals surface area contributed by atoms with Crippen LogP contribution in [0.15, 0.2) is 57.9 Å². The Balaban J connectivity index is 1.62. The molecule has 1 aliphatic rings. The molecule has 5 rings (SSSR count). The molecule has 8 nitrogen and oxygen atoms in total. The Hall–Kier alpha value is -4.16. The van der Waals surface area contributed by atoms with Gasteiger partial charge in [-0.25, -0.2) is 4.52 Å². The third kappa shape index (κ3) is 4.23. The molecule has 4 aromatic rings. The number of hydrogen-bond donors (Lipinski definition) is 1. The lowest BCUT2D eigenvalue weighted by atomic mass is 10.0. The van der Waals surface area contributed by atoms with Crippen molar-refractivity contribution < 1.29 is 9.59 Å². The van der Waals surface area contributed by atoms with Crippen molar-refractivity contribution >= 4 is 33.4 Å². The first-order valence-corrected chi connectivity index (χ1v) is 12.6. The number of carbonyl (C=O) groups is 2. The Morgan fingerprint density at radius 1 is 1.16 bits per heavy atom. The summed E-state index contributed by atoms with van der Waals surface area (Å²) in [5.74, 6) is 2.33. The number of carbonyl (C=O) groups excluding carboxylic acids is 2. The van der Waals surface area contributed by atoms with Crippen molar-refractivity contribution in [1.82, 2.24) is 24.4 Å². The zero-order valence-corrected chi connectivity index (χ0v) is 22.0. The molecule has 0 saturated heterocycles. The van der Waals surface area contributed by atoms with Crippen LogP contribution < -0.4 is 10.9 Å². The van der Waals surface area contributed by atoms with E-state index in [4.69, 9.17) is 6.42 Å². The SMILES string of the molecule is C#CCc1cnn2c3c(c(=O)n(-c4ccc(C(=O)NC)cc4)c12)CCN(C(=O)c1ccc(Br)c(C)c1)C3. The lowest BCUT2D eigenvalue weighted by molar-refractivity contribution is 0.0729. The van der Waals surface area contributed by atoms with Gasteiger partial charge in [0, 0.05) is 46.7 Å². The number of rotatable bonds is 4. The molecular weight excluding hydrogens is 534 g/mol. The van der Waals surface area contributed by atoms with Gasteiger partial charge in [-0.15, -0.1) is 12.3 Å². The van der Waals surface area contributed by atoms with E-state index in [0.717, 1.165) is 15.6 Å². The number of hydrogen-bond acceptors (Lipinski definition) is 4. The van der Waals surface area contributed by atoms with Crippen molar-refractivity contribution in [2.24, 2.45) is 0 Å². The smallest absolute Gasteiger partial charge is 0.261 e. The summed E-state index contributed by atoms with van der Waals surface area (Å²) in [6, 6.07) is 12.3. The van der Waals surface area contributed by atoms with Crippen LogP contribution in [0.1, 0.15) is 43.1 Å². The molecule has 37 heavy (non-hydrogen) atoms. The van der Waals surface area contributed by atoms with Crippen LogP contribution in [0.25, 0.3) is 11.3 Å². The molecular formula is C28H24BrN5O3. The van der Waals surface area contributed by atoms with Gasteiger partial charge in [-0.1, -0.05) is 15.9 Å². The van der Waals surface area contributed by atoms with E-state index in [-0.39, 0.29) is 23.9 Å². The van der Waals surface area contributed by atoms with Crippen LogP contribution in [0.3, 0.4) is 0 Å². The zero-order valence-electron chi connectivity index (χ0n) is 20.4. The zero-order chi connectivity index (χ0) is 26.3. The summed E-state index contributed by atoms with van der Waals surface area (Å²) < 4.78 is 4.26. The standard InChI is InChI=1S/C28H24BrN5O3/c1-4-5-20-15-31-34-24-16-32(27(36)19-8-11-23(29)17(2)14-19)13-12-22(24)28(37)33(26(20)34)21-9-6-18(7-10-21)25(35)30-3/h1,6-11,14-15H,5,12-13,16H2,2-3H3,(H,30,35). The number of aryl methyl sites for hydroxylation is 1. The predicted molar refractivity (Wildman–Crippen MR) is 144 cm³/mol. The van der Waals surface area contributed by atoms with E-state index >= 15 is 0 Å². The maximum Gasteiger partial charge on any atom is 0.261 e. The second kappa shape index (κ2) is 9.71. The summed E-state index contributed by atoms with van der Waals surface area (Å²) in [6.45, 7) is 2.61. The largest absolute Gasteiger partial charge is 0.355 e. The second-order valence-corrected chi connectivity index (χ2v) is 9.77. The first-order chi connectivity index (χ1) is 17.8. The average molecular weight is 558 g/mol. The number of nitrogens with zero attached hydrogens (tertiary/aromatic N) is 4. The maximum absolute atomic E-state index is 13.9. The number of benzene rings is 2. The van der Waals surface area contributed by atoms with Crippen molar-refractivity contribution in [3.63, 3.8) is 0 Å². The molecule has 186 valence electrons. The number of halogens is 1. The summed E-state index contributed by atoms with van der Waals surface area (Å²) in [5.41, 5.74) is 5.05. The Labute approximate surface area is 222 Å². The third-order valence-corrected chi connectivity index (χ3v) is 7.56. The highest BCUT2D eigenvalue weighted by atomic mass is 79.9. The number of terminal acetylenes is 1. The van der Waals surface area contributed by atoms with Gasteiger partial charge in [0.25, 0.3) is 17.4 Å². The monoisotopic (exact) mass is 557 g/mol. The van der Waals surface area contributed by atoms with E-state index in [0.29, 0.717) is 53.1 Å². The van der Waals surface area contributed by atoms with Crippen LogP contribution >= 0.6 is 15.9 Å². The van der Waals surface area contributed by atoms with Crippen LogP contribution in [0.4, 0.5) is 0 Å². The summed E-state index contributed by atoms with van der Waals surface area (Å²) in [6.07, 6.45) is 7.97. The topological polar surface area (TPSA) is 88.7 Å². The fraction of sp³-hybridized carbons (Fsp3) is 0.214.